The number of halogens is 1. The maximum Gasteiger partial charge on any atom is 0.255 e. The third-order valence-electron chi connectivity index (χ3n) is 4.03. The van der Waals surface area contributed by atoms with Crippen LogP contribution in [0.2, 0.25) is 0 Å². The summed E-state index contributed by atoms with van der Waals surface area (Å²) >= 11 is 3.48. The zero-order valence-electron chi connectivity index (χ0n) is 13.8. The number of piperidine rings is 1. The number of carbonyl (C=O) groups is 3. The van der Waals surface area contributed by atoms with Crippen molar-refractivity contribution < 1.29 is 19.1 Å². The minimum Gasteiger partial charge on any atom is -0.512 e. The number of nitrogens with one attached hydrogen (secondary N) is 1. The van der Waals surface area contributed by atoms with Crippen molar-refractivity contribution in [2.45, 2.75) is 30.7 Å². The van der Waals surface area contributed by atoms with Crippen LogP contribution in [0.15, 0.2) is 16.6 Å². The lowest BCUT2D eigenvalue weighted by molar-refractivity contribution is -0.136. The molecule has 0 aliphatic carbocycles. The van der Waals surface area contributed by atoms with Gasteiger partial charge in [0.15, 0.2) is 0 Å². The Labute approximate surface area is 151 Å². The Kier molecular flexibility index (Phi) is 4.27. The van der Waals surface area contributed by atoms with Gasteiger partial charge in [-0.3, -0.25) is 19.7 Å². The largest absolute Gasteiger partial charge is 0.512 e. The number of hydrogen-bond donors (Lipinski definition) is 1. The van der Waals surface area contributed by atoms with Crippen LogP contribution in [0.25, 0.3) is 0 Å². The van der Waals surface area contributed by atoms with Crippen LogP contribution in [0.3, 0.4) is 0 Å². The summed E-state index contributed by atoms with van der Waals surface area (Å²) in [4.78, 5) is 37.7. The normalized spacial score (nSPS) is 20.8. The smallest absolute Gasteiger partial charge is 0.255 e. The molecule has 10 heteroatoms. The number of imide groups is 1. The fourth-order valence-electron chi connectivity index (χ4n) is 3.00. The van der Waals surface area contributed by atoms with Crippen LogP contribution in [0.1, 0.15) is 28.8 Å². The van der Waals surface area contributed by atoms with Gasteiger partial charge < -0.3 is 9.64 Å². The average Bonchev–Trinajstić information content (AvgIpc) is 2.78. The predicted molar refractivity (Wildman–Crippen MR) is 99.2 cm³/mol. The van der Waals surface area contributed by atoms with E-state index in [2.05, 4.69) is 21.2 Å². The molecule has 2 heterocycles. The van der Waals surface area contributed by atoms with Crippen LogP contribution in [-0.4, -0.2) is 57.5 Å². The van der Waals surface area contributed by atoms with Crippen LogP contribution >= 0.6 is 15.9 Å². The van der Waals surface area contributed by atoms with E-state index >= 15 is 0 Å². The van der Waals surface area contributed by atoms with E-state index in [1.165, 1.54) is 4.90 Å². The van der Waals surface area contributed by atoms with E-state index in [1.54, 1.807) is 12.1 Å². The number of benzene rings is 1. The van der Waals surface area contributed by atoms with Gasteiger partial charge in [0, 0.05) is 22.8 Å². The number of hydrogen-bond acceptors (Lipinski definition) is 4. The van der Waals surface area contributed by atoms with Crippen molar-refractivity contribution in [1.29, 1.82) is 0 Å². The van der Waals surface area contributed by atoms with E-state index < -0.39 is 17.2 Å². The highest BCUT2D eigenvalue weighted by Gasteiger charge is 2.40. The summed E-state index contributed by atoms with van der Waals surface area (Å²) in [5, 5.41) is 1.89. The number of ether oxygens (including phenoxy) is 1. The first-order chi connectivity index (χ1) is 11.2. The Bertz CT molecular complexity index is 750. The van der Waals surface area contributed by atoms with Crippen LogP contribution in [0, 0.1) is 0 Å². The average molecular weight is 389 g/mol. The Morgan fingerprint density at radius 2 is 1.96 bits per heavy atom. The summed E-state index contributed by atoms with van der Waals surface area (Å²) in [7, 11) is 5.81. The first-order valence-corrected chi connectivity index (χ1v) is 8.62. The predicted octanol–water partition coefficient (Wildman–Crippen LogP) is -1.90. The molecule has 1 N–H and O–H groups in total. The standard InChI is InChI=1S/C14H16B3BrN2O4/c15-14(16,17)24-11-7-5-20(9-3-4-10(21)19-12(9)22)13(23)6(7)1-2-8(11)18/h1-2,9H,3-5,15-17H2,(H,19,21,22). The quantitative estimate of drug-likeness (QED) is 0.485. The minimum atomic E-state index is -0.621. The molecule has 1 aromatic rings. The molecule has 1 aromatic carbocycles. The highest BCUT2D eigenvalue weighted by atomic mass is 79.9. The zero-order chi connectivity index (χ0) is 17.6. The Hall–Kier alpha value is -1.70. The summed E-state index contributed by atoms with van der Waals surface area (Å²) in [6.45, 7) is 0.297. The molecule has 1 atom stereocenters. The summed E-state index contributed by atoms with van der Waals surface area (Å²) in [6, 6.07) is 2.90. The van der Waals surface area contributed by atoms with Crippen molar-refractivity contribution in [2.75, 3.05) is 0 Å². The Morgan fingerprint density at radius 1 is 1.25 bits per heavy atom. The lowest BCUT2D eigenvalue weighted by Crippen LogP contribution is -2.52. The summed E-state index contributed by atoms with van der Waals surface area (Å²) in [5.74, 6) is -0.279. The van der Waals surface area contributed by atoms with E-state index in [1.807, 2.05) is 23.5 Å². The molecule has 0 radical (unpaired) electrons. The molecule has 1 fully saturated rings. The van der Waals surface area contributed by atoms with E-state index in [0.29, 0.717) is 24.3 Å². The monoisotopic (exact) mass is 388 g/mol. The zero-order valence-corrected chi connectivity index (χ0v) is 15.4. The van der Waals surface area contributed by atoms with Crippen molar-refractivity contribution in [3.63, 3.8) is 0 Å². The second-order valence-electron chi connectivity index (χ2n) is 7.02. The number of rotatable bonds is 3. The molecular formula is C14H16B3BrN2O4. The maximum atomic E-state index is 12.7. The molecule has 0 aromatic heterocycles. The molecule has 1 unspecified atom stereocenters. The first kappa shape index (κ1) is 17.1. The topological polar surface area (TPSA) is 75.7 Å². The van der Waals surface area contributed by atoms with Crippen molar-refractivity contribution in [1.82, 2.24) is 10.2 Å². The second-order valence-corrected chi connectivity index (χ2v) is 7.87. The van der Waals surface area contributed by atoms with Crippen molar-refractivity contribution in [3.05, 3.63) is 27.7 Å². The molecule has 6 nitrogen and oxygen atoms in total. The molecular weight excluding hydrogens is 373 g/mol. The number of fused-ring (bicyclic) bond motifs is 1. The second kappa shape index (κ2) is 5.99. The number of carbonyl (C=O) groups excluding carboxylic acids is 3. The Morgan fingerprint density at radius 3 is 2.58 bits per heavy atom. The lowest BCUT2D eigenvalue weighted by atomic mass is 9.52. The van der Waals surface area contributed by atoms with E-state index in [-0.39, 0.29) is 18.2 Å². The highest BCUT2D eigenvalue weighted by molar-refractivity contribution is 9.10. The van der Waals surface area contributed by atoms with Crippen LogP contribution in [0.4, 0.5) is 0 Å². The molecule has 0 bridgehead atoms. The lowest BCUT2D eigenvalue weighted by Gasteiger charge is -2.29. The highest BCUT2D eigenvalue weighted by Crippen LogP contribution is 2.39. The first-order valence-electron chi connectivity index (χ1n) is 7.82. The van der Waals surface area contributed by atoms with Crippen molar-refractivity contribution in [2.24, 2.45) is 0 Å². The fourth-order valence-corrected chi connectivity index (χ4v) is 3.45. The van der Waals surface area contributed by atoms with Crippen LogP contribution in [0.5, 0.6) is 5.75 Å². The van der Waals surface area contributed by atoms with E-state index in [4.69, 9.17) is 4.74 Å². The van der Waals surface area contributed by atoms with Gasteiger partial charge >= 0.3 is 0 Å². The van der Waals surface area contributed by atoms with Crippen molar-refractivity contribution in [3.8, 4) is 5.75 Å². The van der Waals surface area contributed by atoms with Gasteiger partial charge in [0.2, 0.25) is 11.8 Å². The van der Waals surface area contributed by atoms with Gasteiger partial charge in [0.05, 0.1) is 11.0 Å². The molecule has 3 amide bonds. The molecule has 0 saturated carbocycles. The van der Waals surface area contributed by atoms with Gasteiger partial charge in [-0.05, 0) is 34.5 Å². The minimum absolute atomic E-state index is 0.203. The molecule has 3 rings (SSSR count). The van der Waals surface area contributed by atoms with Gasteiger partial charge in [0.25, 0.3) is 5.91 Å². The summed E-state index contributed by atoms with van der Waals surface area (Å²) in [5.41, 5.74) is 1.32. The molecule has 1 saturated heterocycles. The fraction of sp³-hybridized carbons (Fsp3) is 0.357. The molecule has 24 heavy (non-hydrogen) atoms. The van der Waals surface area contributed by atoms with Gasteiger partial charge in [-0.2, -0.15) is 0 Å². The van der Waals surface area contributed by atoms with Gasteiger partial charge in [-0.15, -0.1) is 0 Å². The molecule has 122 valence electrons. The SMILES string of the molecule is BC(B)(B)Oc1c(Br)ccc2c1CN(C1CCC(=O)NC1=O)C2=O. The molecule has 2 aliphatic rings. The van der Waals surface area contributed by atoms with Gasteiger partial charge in [-0.25, -0.2) is 0 Å². The Balaban J connectivity index is 1.94. The van der Waals surface area contributed by atoms with Gasteiger partial charge in [0.1, 0.15) is 35.3 Å². The van der Waals surface area contributed by atoms with E-state index in [9.17, 15) is 14.4 Å². The third kappa shape index (κ3) is 3.11. The maximum absolute atomic E-state index is 12.7. The number of amides is 3. The van der Waals surface area contributed by atoms with Gasteiger partial charge in [-0.1, -0.05) is 0 Å². The summed E-state index contributed by atoms with van der Waals surface area (Å²) in [6.07, 6.45) is 0.590. The van der Waals surface area contributed by atoms with Crippen molar-refractivity contribution >= 4 is 57.2 Å². The molecule has 2 aliphatic heterocycles. The number of nitrogens with zero attached hydrogens (tertiary/aromatic N) is 1. The van der Waals surface area contributed by atoms with Crippen LogP contribution in [-0.2, 0) is 16.1 Å². The van der Waals surface area contributed by atoms with E-state index in [0.717, 1.165) is 10.0 Å². The third-order valence-corrected chi connectivity index (χ3v) is 4.65. The summed E-state index contributed by atoms with van der Waals surface area (Å²) < 4.78 is 6.80. The molecule has 0 spiro atoms. The van der Waals surface area contributed by atoms with Crippen LogP contribution < -0.4 is 10.1 Å².